The Hall–Kier alpha value is -4.92. The molecule has 40 heavy (non-hydrogen) atoms. The van der Waals surface area contributed by atoms with Crippen LogP contribution in [0.4, 0.5) is 8.78 Å². The molecule has 1 saturated carbocycles. The fourth-order valence-corrected chi connectivity index (χ4v) is 5.04. The first-order chi connectivity index (χ1) is 19.3. The van der Waals surface area contributed by atoms with Crippen molar-refractivity contribution in [2.75, 3.05) is 0 Å². The van der Waals surface area contributed by atoms with Gasteiger partial charge in [-0.05, 0) is 72.9 Å². The van der Waals surface area contributed by atoms with Crippen molar-refractivity contribution < 1.29 is 22.8 Å². The van der Waals surface area contributed by atoms with Crippen molar-refractivity contribution in [3.8, 4) is 11.1 Å². The number of rotatable bonds is 7. The number of aromatic nitrogens is 2. The van der Waals surface area contributed by atoms with E-state index in [9.17, 15) is 14.0 Å². The minimum Gasteiger partial charge on any atom is -0.460 e. The van der Waals surface area contributed by atoms with Gasteiger partial charge in [0, 0.05) is 29.9 Å². The number of nitrogens with two attached hydrogens (primary N) is 1. The van der Waals surface area contributed by atoms with Gasteiger partial charge in [0.1, 0.15) is 23.0 Å². The Labute approximate surface area is 228 Å². The summed E-state index contributed by atoms with van der Waals surface area (Å²) in [6.45, 7) is 1.81. The molecular weight excluding hydrogens is 514 g/mol. The van der Waals surface area contributed by atoms with Crippen LogP contribution in [0.1, 0.15) is 56.1 Å². The fraction of sp³-hybridized carbons (Fsp3) is 0.161. The first kappa shape index (κ1) is 25.4. The molecule has 2 amide bonds. The largest absolute Gasteiger partial charge is 0.460 e. The summed E-state index contributed by atoms with van der Waals surface area (Å²) < 4.78 is 35.4. The number of carbonyl (C=O) groups is 2. The standard InChI is InChI=1S/C31H24F2N4O3/c1-17-2-5-19(30(39)37-31(10-11-31)25-16-35-12-13-36-25)15-22(17)21-8-9-23-26(28(21)33)27(29(34)38)24(40-23)14-18-3-6-20(32)7-4-18/h2-9,12-13,15-16H,10-11,14H2,1H3,(H2,34,38)(H,37,39). The molecule has 1 aliphatic carbocycles. The minimum absolute atomic E-state index is 0.0315. The van der Waals surface area contributed by atoms with Crippen LogP contribution in [0, 0.1) is 18.6 Å². The number of aryl methyl sites for hydroxylation is 1. The predicted molar refractivity (Wildman–Crippen MR) is 144 cm³/mol. The molecule has 0 aliphatic heterocycles. The lowest BCUT2D eigenvalue weighted by atomic mass is 9.95. The number of amides is 2. The Morgan fingerprint density at radius 1 is 1.02 bits per heavy atom. The van der Waals surface area contributed by atoms with Crippen molar-refractivity contribution >= 4 is 22.8 Å². The number of nitrogens with one attached hydrogen (secondary N) is 1. The number of hydrogen-bond acceptors (Lipinski definition) is 5. The van der Waals surface area contributed by atoms with Gasteiger partial charge in [0.25, 0.3) is 11.8 Å². The Morgan fingerprint density at radius 2 is 1.80 bits per heavy atom. The Morgan fingerprint density at radius 3 is 2.48 bits per heavy atom. The molecule has 1 aliphatic rings. The van der Waals surface area contributed by atoms with Gasteiger partial charge in [-0.2, -0.15) is 0 Å². The van der Waals surface area contributed by atoms with Crippen LogP contribution in [-0.4, -0.2) is 21.8 Å². The number of furan rings is 1. The molecule has 0 saturated heterocycles. The lowest BCUT2D eigenvalue weighted by Crippen LogP contribution is -2.35. The van der Waals surface area contributed by atoms with E-state index in [1.54, 1.807) is 61.1 Å². The molecule has 0 bridgehead atoms. The Balaban J connectivity index is 1.37. The van der Waals surface area contributed by atoms with Gasteiger partial charge < -0.3 is 15.5 Å². The van der Waals surface area contributed by atoms with Crippen molar-refractivity contribution in [2.45, 2.75) is 31.7 Å². The van der Waals surface area contributed by atoms with Crippen molar-refractivity contribution in [3.63, 3.8) is 0 Å². The van der Waals surface area contributed by atoms with Crippen LogP contribution in [0.15, 0.2) is 77.6 Å². The van der Waals surface area contributed by atoms with Crippen LogP contribution in [0.3, 0.4) is 0 Å². The minimum atomic E-state index is -0.837. The SMILES string of the molecule is Cc1ccc(C(=O)NC2(c3cnccn3)CC2)cc1-c1ccc2oc(Cc3ccc(F)cc3)c(C(N)=O)c2c1F. The van der Waals surface area contributed by atoms with Crippen LogP contribution >= 0.6 is 0 Å². The summed E-state index contributed by atoms with van der Waals surface area (Å²) in [4.78, 5) is 34.2. The van der Waals surface area contributed by atoms with Gasteiger partial charge in [0.05, 0.1) is 28.4 Å². The summed E-state index contributed by atoms with van der Waals surface area (Å²) in [6, 6.07) is 13.9. The molecule has 6 rings (SSSR count). The second-order valence-electron chi connectivity index (χ2n) is 10.0. The lowest BCUT2D eigenvalue weighted by molar-refractivity contribution is 0.0928. The summed E-state index contributed by atoms with van der Waals surface area (Å²) in [5, 5.41) is 3.03. The van der Waals surface area contributed by atoms with E-state index >= 15 is 4.39 Å². The van der Waals surface area contributed by atoms with Gasteiger partial charge in [0.2, 0.25) is 0 Å². The molecule has 0 spiro atoms. The zero-order valence-corrected chi connectivity index (χ0v) is 21.5. The maximum atomic E-state index is 16.2. The summed E-state index contributed by atoms with van der Waals surface area (Å²) in [5.41, 5.74) is 8.38. The maximum Gasteiger partial charge on any atom is 0.253 e. The normalized spacial score (nSPS) is 13.8. The number of primary amides is 1. The van der Waals surface area contributed by atoms with E-state index in [1.165, 1.54) is 12.1 Å². The van der Waals surface area contributed by atoms with Crippen LogP contribution in [0.25, 0.3) is 22.1 Å². The highest BCUT2D eigenvalue weighted by atomic mass is 19.1. The first-order valence-corrected chi connectivity index (χ1v) is 12.7. The quantitative estimate of drug-likeness (QED) is 0.281. The molecule has 5 aromatic rings. The summed E-state index contributed by atoms with van der Waals surface area (Å²) in [7, 11) is 0. The molecule has 0 unspecified atom stereocenters. The van der Waals surface area contributed by atoms with E-state index in [0.29, 0.717) is 22.4 Å². The molecule has 3 N–H and O–H groups in total. The van der Waals surface area contributed by atoms with Crippen LogP contribution < -0.4 is 11.1 Å². The third-order valence-corrected chi connectivity index (χ3v) is 7.34. The number of fused-ring (bicyclic) bond motifs is 1. The molecule has 2 aromatic heterocycles. The van der Waals surface area contributed by atoms with Crippen LogP contribution in [-0.2, 0) is 12.0 Å². The highest BCUT2D eigenvalue weighted by Gasteiger charge is 2.47. The van der Waals surface area contributed by atoms with Gasteiger partial charge in [-0.25, -0.2) is 8.78 Å². The first-order valence-electron chi connectivity index (χ1n) is 12.7. The molecule has 2 heterocycles. The average Bonchev–Trinajstić information content (AvgIpc) is 3.63. The van der Waals surface area contributed by atoms with Gasteiger partial charge in [-0.15, -0.1) is 0 Å². The van der Waals surface area contributed by atoms with Crippen LogP contribution in [0.5, 0.6) is 0 Å². The van der Waals surface area contributed by atoms with Crippen molar-refractivity contribution in [3.05, 3.63) is 119 Å². The number of hydrogen-bond donors (Lipinski definition) is 2. The van der Waals surface area contributed by atoms with E-state index in [2.05, 4.69) is 15.3 Å². The van der Waals surface area contributed by atoms with E-state index in [4.69, 9.17) is 10.2 Å². The van der Waals surface area contributed by atoms with E-state index < -0.39 is 23.1 Å². The van der Waals surface area contributed by atoms with Gasteiger partial charge in [-0.3, -0.25) is 19.6 Å². The van der Waals surface area contributed by atoms with Gasteiger partial charge in [0.15, 0.2) is 0 Å². The topological polar surface area (TPSA) is 111 Å². The van der Waals surface area contributed by atoms with Crippen LogP contribution in [0.2, 0.25) is 0 Å². The zero-order chi connectivity index (χ0) is 28.0. The molecule has 7 nitrogen and oxygen atoms in total. The van der Waals surface area contributed by atoms with E-state index in [1.807, 2.05) is 6.92 Å². The molecule has 9 heteroatoms. The smallest absolute Gasteiger partial charge is 0.253 e. The molecule has 0 radical (unpaired) electrons. The second-order valence-corrected chi connectivity index (χ2v) is 10.0. The number of benzene rings is 3. The Bertz CT molecular complexity index is 1780. The number of halogens is 2. The van der Waals surface area contributed by atoms with E-state index in [-0.39, 0.29) is 40.2 Å². The maximum absolute atomic E-state index is 16.2. The highest BCUT2D eigenvalue weighted by molar-refractivity contribution is 6.08. The zero-order valence-electron chi connectivity index (χ0n) is 21.5. The molecule has 3 aromatic carbocycles. The summed E-state index contributed by atoms with van der Waals surface area (Å²) in [6.07, 6.45) is 6.44. The van der Waals surface area contributed by atoms with Gasteiger partial charge in [-0.1, -0.05) is 18.2 Å². The number of nitrogens with zero attached hydrogens (tertiary/aromatic N) is 2. The summed E-state index contributed by atoms with van der Waals surface area (Å²) >= 11 is 0. The van der Waals surface area contributed by atoms with E-state index in [0.717, 1.165) is 18.4 Å². The average molecular weight is 539 g/mol. The monoisotopic (exact) mass is 538 g/mol. The van der Waals surface area contributed by atoms with Crippen molar-refractivity contribution in [1.82, 2.24) is 15.3 Å². The fourth-order valence-electron chi connectivity index (χ4n) is 5.04. The molecule has 0 atom stereocenters. The predicted octanol–water partition coefficient (Wildman–Crippen LogP) is 5.59. The van der Waals surface area contributed by atoms with Crippen molar-refractivity contribution in [1.29, 1.82) is 0 Å². The Kier molecular flexibility index (Phi) is 6.14. The van der Waals surface area contributed by atoms with Gasteiger partial charge >= 0.3 is 0 Å². The third-order valence-electron chi connectivity index (χ3n) is 7.34. The van der Waals surface area contributed by atoms with Crippen molar-refractivity contribution in [2.24, 2.45) is 5.73 Å². The molecule has 200 valence electrons. The second kappa shape index (κ2) is 9.68. The molecule has 1 fully saturated rings. The molecular formula is C31H24F2N4O3. The third kappa shape index (κ3) is 4.49. The number of carbonyl (C=O) groups excluding carboxylic acids is 2. The lowest BCUT2D eigenvalue weighted by Gasteiger charge is -2.17. The highest BCUT2D eigenvalue weighted by Crippen LogP contribution is 2.44. The summed E-state index contributed by atoms with van der Waals surface area (Å²) in [5.74, 6) is -2.04.